The molecule has 0 unspecified atom stereocenters. The molecule has 0 amide bonds. The van der Waals surface area contributed by atoms with Crippen LogP contribution in [0.3, 0.4) is 0 Å². The number of thiocarbonyl (C=S) groups is 1. The highest BCUT2D eigenvalue weighted by Gasteiger charge is 2.17. The maximum atomic E-state index is 5.56. The van der Waals surface area contributed by atoms with E-state index in [2.05, 4.69) is 21.7 Å². The van der Waals surface area contributed by atoms with Gasteiger partial charge in [0, 0.05) is 37.9 Å². The van der Waals surface area contributed by atoms with Crippen molar-refractivity contribution in [2.75, 3.05) is 37.6 Å². The summed E-state index contributed by atoms with van der Waals surface area (Å²) in [7, 11) is 0. The van der Waals surface area contributed by atoms with Crippen molar-refractivity contribution < 1.29 is 0 Å². The summed E-state index contributed by atoms with van der Waals surface area (Å²) in [5, 5.41) is 0. The summed E-state index contributed by atoms with van der Waals surface area (Å²) in [5.41, 5.74) is 6.40. The zero-order valence-corrected chi connectivity index (χ0v) is 11.6. The Morgan fingerprint density at radius 2 is 2.06 bits per heavy atom. The first-order chi connectivity index (χ1) is 8.70. The molecule has 1 aliphatic rings. The lowest BCUT2D eigenvalue weighted by molar-refractivity contribution is 0.258. The molecule has 1 fully saturated rings. The van der Waals surface area contributed by atoms with Gasteiger partial charge in [-0.25, -0.2) is 4.98 Å². The molecule has 0 atom stereocenters. The van der Waals surface area contributed by atoms with Gasteiger partial charge in [0.25, 0.3) is 0 Å². The van der Waals surface area contributed by atoms with Gasteiger partial charge in [0.15, 0.2) is 0 Å². The molecule has 1 aromatic heterocycles. The number of anilines is 1. The van der Waals surface area contributed by atoms with Crippen molar-refractivity contribution >= 4 is 23.0 Å². The van der Waals surface area contributed by atoms with Gasteiger partial charge in [0.2, 0.25) is 0 Å². The van der Waals surface area contributed by atoms with E-state index in [1.165, 1.54) is 13.0 Å². The predicted octanol–water partition coefficient (Wildman–Crippen LogP) is 1.25. The van der Waals surface area contributed by atoms with Crippen LogP contribution in [0.25, 0.3) is 0 Å². The van der Waals surface area contributed by atoms with E-state index in [0.29, 0.717) is 4.99 Å². The number of rotatable bonds is 4. The van der Waals surface area contributed by atoms with Gasteiger partial charge in [-0.1, -0.05) is 19.1 Å². The number of nitrogens with two attached hydrogens (primary N) is 1. The Morgan fingerprint density at radius 1 is 1.33 bits per heavy atom. The highest BCUT2D eigenvalue weighted by molar-refractivity contribution is 7.80. The van der Waals surface area contributed by atoms with E-state index in [1.807, 2.05) is 12.1 Å². The minimum Gasteiger partial charge on any atom is -0.389 e. The van der Waals surface area contributed by atoms with Gasteiger partial charge >= 0.3 is 0 Å². The van der Waals surface area contributed by atoms with Crippen LogP contribution in [0.2, 0.25) is 0 Å². The normalized spacial score (nSPS) is 16.8. The van der Waals surface area contributed by atoms with Gasteiger partial charge in [0.05, 0.1) is 0 Å². The molecular formula is C13H20N4S. The fraction of sp³-hybridized carbons (Fsp3) is 0.538. The van der Waals surface area contributed by atoms with Crippen molar-refractivity contribution in [2.45, 2.75) is 13.3 Å². The molecular weight excluding hydrogens is 244 g/mol. The zero-order valence-electron chi connectivity index (χ0n) is 10.8. The number of nitrogens with zero attached hydrogens (tertiary/aromatic N) is 3. The molecule has 1 aromatic rings. The van der Waals surface area contributed by atoms with Crippen LogP contribution in [0.15, 0.2) is 18.3 Å². The number of hydrogen-bond donors (Lipinski definition) is 1. The molecule has 2 N–H and O–H groups in total. The molecule has 0 bridgehead atoms. The maximum absolute atomic E-state index is 5.56. The topological polar surface area (TPSA) is 45.4 Å². The summed E-state index contributed by atoms with van der Waals surface area (Å²) in [4.78, 5) is 9.65. The summed E-state index contributed by atoms with van der Waals surface area (Å²) in [5.74, 6) is 1.02. The van der Waals surface area contributed by atoms with Crippen LogP contribution in [-0.2, 0) is 0 Å². The second kappa shape index (κ2) is 6.11. The van der Waals surface area contributed by atoms with Gasteiger partial charge in [0.1, 0.15) is 10.8 Å². The molecule has 18 heavy (non-hydrogen) atoms. The highest BCUT2D eigenvalue weighted by Crippen LogP contribution is 2.14. The Hall–Kier alpha value is -1.20. The second-order valence-electron chi connectivity index (χ2n) is 4.60. The summed E-state index contributed by atoms with van der Waals surface area (Å²) in [6.07, 6.45) is 2.98. The molecule has 2 heterocycles. The average Bonchev–Trinajstić information content (AvgIpc) is 2.40. The van der Waals surface area contributed by atoms with Gasteiger partial charge < -0.3 is 10.6 Å². The second-order valence-corrected chi connectivity index (χ2v) is 5.04. The Balaban J connectivity index is 1.95. The van der Waals surface area contributed by atoms with Crippen LogP contribution >= 0.6 is 12.2 Å². The van der Waals surface area contributed by atoms with Crippen LogP contribution in [0.5, 0.6) is 0 Å². The Bertz CT molecular complexity index is 396. The predicted molar refractivity (Wildman–Crippen MR) is 79.1 cm³/mol. The van der Waals surface area contributed by atoms with Crippen molar-refractivity contribution in [1.29, 1.82) is 0 Å². The summed E-state index contributed by atoms with van der Waals surface area (Å²) < 4.78 is 0. The summed E-state index contributed by atoms with van der Waals surface area (Å²) in [6, 6.07) is 3.95. The van der Waals surface area contributed by atoms with Gasteiger partial charge in [-0.2, -0.15) is 0 Å². The van der Waals surface area contributed by atoms with E-state index in [9.17, 15) is 0 Å². The average molecular weight is 264 g/mol. The van der Waals surface area contributed by atoms with Crippen LogP contribution in [0, 0.1) is 0 Å². The molecule has 4 nitrogen and oxygen atoms in total. The van der Waals surface area contributed by atoms with E-state index < -0.39 is 0 Å². The van der Waals surface area contributed by atoms with E-state index in [1.54, 1.807) is 6.20 Å². The smallest absolute Gasteiger partial charge is 0.128 e. The fourth-order valence-corrected chi connectivity index (χ4v) is 2.36. The first-order valence-corrected chi connectivity index (χ1v) is 6.84. The Kier molecular flexibility index (Phi) is 4.49. The van der Waals surface area contributed by atoms with Crippen molar-refractivity contribution in [3.05, 3.63) is 23.9 Å². The molecule has 0 aliphatic carbocycles. The SMILES string of the molecule is CCCN1CCN(c2ccc(C(N)=S)cn2)CC1. The number of piperazine rings is 1. The summed E-state index contributed by atoms with van der Waals surface area (Å²) >= 11 is 4.92. The minimum atomic E-state index is 0.404. The monoisotopic (exact) mass is 264 g/mol. The molecule has 1 aliphatic heterocycles. The van der Waals surface area contributed by atoms with Gasteiger partial charge in [-0.3, -0.25) is 4.90 Å². The zero-order chi connectivity index (χ0) is 13.0. The number of hydrogen-bond acceptors (Lipinski definition) is 4. The van der Waals surface area contributed by atoms with Crippen molar-refractivity contribution in [3.63, 3.8) is 0 Å². The fourth-order valence-electron chi connectivity index (χ4n) is 2.24. The third-order valence-corrected chi connectivity index (χ3v) is 3.50. The maximum Gasteiger partial charge on any atom is 0.128 e. The van der Waals surface area contributed by atoms with Crippen LogP contribution in [0.4, 0.5) is 5.82 Å². The molecule has 0 spiro atoms. The Labute approximate surface area is 114 Å². The third kappa shape index (κ3) is 3.17. The standard InChI is InChI=1S/C13H20N4S/c1-2-5-16-6-8-17(9-7-16)12-4-3-11(10-15-12)13(14)18/h3-4,10H,2,5-9H2,1H3,(H2,14,18). The largest absolute Gasteiger partial charge is 0.389 e. The molecule has 1 saturated heterocycles. The molecule has 0 saturated carbocycles. The minimum absolute atomic E-state index is 0.404. The van der Waals surface area contributed by atoms with E-state index in [-0.39, 0.29) is 0 Å². The van der Waals surface area contributed by atoms with Crippen molar-refractivity contribution in [1.82, 2.24) is 9.88 Å². The third-order valence-electron chi connectivity index (χ3n) is 3.27. The number of pyridine rings is 1. The van der Waals surface area contributed by atoms with Crippen LogP contribution < -0.4 is 10.6 Å². The highest BCUT2D eigenvalue weighted by atomic mass is 32.1. The first kappa shape index (κ1) is 13.2. The lowest BCUT2D eigenvalue weighted by Crippen LogP contribution is -2.46. The van der Waals surface area contributed by atoms with Crippen LogP contribution in [-0.4, -0.2) is 47.6 Å². The van der Waals surface area contributed by atoms with Gasteiger partial charge in [-0.15, -0.1) is 0 Å². The lowest BCUT2D eigenvalue weighted by atomic mass is 10.2. The van der Waals surface area contributed by atoms with Crippen molar-refractivity contribution in [2.24, 2.45) is 5.73 Å². The van der Waals surface area contributed by atoms with Crippen molar-refractivity contribution in [3.8, 4) is 0 Å². The molecule has 98 valence electrons. The van der Waals surface area contributed by atoms with Gasteiger partial charge in [-0.05, 0) is 25.1 Å². The van der Waals surface area contributed by atoms with Crippen LogP contribution in [0.1, 0.15) is 18.9 Å². The lowest BCUT2D eigenvalue weighted by Gasteiger charge is -2.35. The van der Waals surface area contributed by atoms with E-state index >= 15 is 0 Å². The quantitative estimate of drug-likeness (QED) is 0.829. The molecule has 2 rings (SSSR count). The molecule has 0 radical (unpaired) electrons. The molecule has 0 aromatic carbocycles. The summed E-state index contributed by atoms with van der Waals surface area (Å²) in [6.45, 7) is 7.74. The molecule has 5 heteroatoms. The van der Waals surface area contributed by atoms with E-state index in [0.717, 1.165) is 37.6 Å². The first-order valence-electron chi connectivity index (χ1n) is 6.44. The van der Waals surface area contributed by atoms with E-state index in [4.69, 9.17) is 18.0 Å². The number of aromatic nitrogens is 1. The Morgan fingerprint density at radius 3 is 2.56 bits per heavy atom.